The van der Waals surface area contributed by atoms with Gasteiger partial charge in [0.25, 0.3) is 0 Å². The van der Waals surface area contributed by atoms with E-state index in [4.69, 9.17) is 0 Å². The maximum Gasteiger partial charge on any atom is 0.243 e. The van der Waals surface area contributed by atoms with Crippen LogP contribution >= 0.6 is 0 Å². The lowest BCUT2D eigenvalue weighted by atomic mass is 9.97. The first-order chi connectivity index (χ1) is 15.7. The largest absolute Gasteiger partial charge is 0.326 e. The SMILES string of the molecule is CC(=O)N1CCCc2cc(S(=O)(=O)N3CCC(C(=O)Nc4ccc(F)cc4C)CC3)ccc21. The number of amides is 2. The molecule has 0 atom stereocenters. The van der Waals surface area contributed by atoms with Crippen LogP contribution in [0.25, 0.3) is 0 Å². The summed E-state index contributed by atoms with van der Waals surface area (Å²) in [6.07, 6.45) is 2.35. The number of nitrogens with zero attached hydrogens (tertiary/aromatic N) is 2. The second kappa shape index (κ2) is 9.23. The summed E-state index contributed by atoms with van der Waals surface area (Å²) < 4.78 is 41.2. The minimum atomic E-state index is -3.70. The van der Waals surface area contributed by atoms with Crippen LogP contribution in [-0.2, 0) is 26.0 Å². The van der Waals surface area contributed by atoms with E-state index in [9.17, 15) is 22.4 Å². The van der Waals surface area contributed by atoms with Crippen molar-refractivity contribution < 1.29 is 22.4 Å². The van der Waals surface area contributed by atoms with E-state index in [0.717, 1.165) is 24.1 Å². The van der Waals surface area contributed by atoms with Gasteiger partial charge in [0.05, 0.1) is 4.90 Å². The molecular formula is C24H28FN3O4S. The summed E-state index contributed by atoms with van der Waals surface area (Å²) in [4.78, 5) is 26.4. The topological polar surface area (TPSA) is 86.8 Å². The maximum atomic E-state index is 13.3. The third-order valence-corrected chi connectivity index (χ3v) is 8.35. The van der Waals surface area contributed by atoms with Crippen molar-refractivity contribution >= 4 is 33.2 Å². The zero-order valence-corrected chi connectivity index (χ0v) is 19.6. The Morgan fingerprint density at radius 2 is 1.79 bits per heavy atom. The molecule has 2 amide bonds. The van der Waals surface area contributed by atoms with Crippen LogP contribution in [-0.4, -0.2) is 44.2 Å². The fraction of sp³-hybridized carbons (Fsp3) is 0.417. The number of nitrogens with one attached hydrogen (secondary N) is 1. The van der Waals surface area contributed by atoms with Gasteiger partial charge < -0.3 is 10.2 Å². The van der Waals surface area contributed by atoms with Gasteiger partial charge in [0.15, 0.2) is 0 Å². The van der Waals surface area contributed by atoms with Crippen molar-refractivity contribution in [1.29, 1.82) is 0 Å². The predicted molar refractivity (Wildman–Crippen MR) is 124 cm³/mol. The van der Waals surface area contributed by atoms with Gasteiger partial charge in [-0.1, -0.05) is 0 Å². The lowest BCUT2D eigenvalue weighted by Gasteiger charge is -2.32. The minimum absolute atomic E-state index is 0.0530. The lowest BCUT2D eigenvalue weighted by Crippen LogP contribution is -2.41. The van der Waals surface area contributed by atoms with E-state index in [0.29, 0.717) is 30.6 Å². The molecule has 0 aromatic heterocycles. The van der Waals surface area contributed by atoms with E-state index in [1.165, 1.54) is 29.4 Å². The van der Waals surface area contributed by atoms with Crippen LogP contribution in [0.5, 0.6) is 0 Å². The second-order valence-electron chi connectivity index (χ2n) is 8.69. The molecule has 0 bridgehead atoms. The van der Waals surface area contributed by atoms with Crippen LogP contribution in [0.2, 0.25) is 0 Å². The lowest BCUT2D eigenvalue weighted by molar-refractivity contribution is -0.121. The van der Waals surface area contributed by atoms with Gasteiger partial charge in [-0.15, -0.1) is 0 Å². The number of benzene rings is 2. The number of halogens is 1. The molecule has 0 saturated carbocycles. The summed E-state index contributed by atoms with van der Waals surface area (Å²) in [7, 11) is -3.70. The number of hydrogen-bond donors (Lipinski definition) is 1. The maximum absolute atomic E-state index is 13.3. The molecule has 33 heavy (non-hydrogen) atoms. The quantitative estimate of drug-likeness (QED) is 0.737. The first-order valence-corrected chi connectivity index (χ1v) is 12.6. The zero-order valence-electron chi connectivity index (χ0n) is 18.8. The van der Waals surface area contributed by atoms with Crippen molar-refractivity contribution in [3.05, 3.63) is 53.3 Å². The predicted octanol–water partition coefficient (Wildman–Crippen LogP) is 3.47. The minimum Gasteiger partial charge on any atom is -0.326 e. The Hall–Kier alpha value is -2.78. The van der Waals surface area contributed by atoms with E-state index in [2.05, 4.69) is 5.32 Å². The molecule has 9 heteroatoms. The number of carbonyl (C=O) groups is 2. The Bertz CT molecular complexity index is 1190. The van der Waals surface area contributed by atoms with Gasteiger partial charge in [-0.2, -0.15) is 4.31 Å². The molecular weight excluding hydrogens is 445 g/mol. The summed E-state index contributed by atoms with van der Waals surface area (Å²) >= 11 is 0. The molecule has 2 aliphatic heterocycles. The smallest absolute Gasteiger partial charge is 0.243 e. The Labute approximate surface area is 193 Å². The first kappa shape index (κ1) is 23.4. The summed E-state index contributed by atoms with van der Waals surface area (Å²) in [5, 5.41) is 2.83. The number of hydrogen-bond acceptors (Lipinski definition) is 4. The highest BCUT2D eigenvalue weighted by Gasteiger charge is 2.33. The Balaban J connectivity index is 1.43. The summed E-state index contributed by atoms with van der Waals surface area (Å²) in [6.45, 7) is 4.37. The number of aryl methyl sites for hydroxylation is 2. The molecule has 2 aromatic carbocycles. The fourth-order valence-corrected chi connectivity index (χ4v) is 6.09. The van der Waals surface area contributed by atoms with Gasteiger partial charge in [-0.3, -0.25) is 9.59 Å². The molecule has 2 aromatic rings. The van der Waals surface area contributed by atoms with Gasteiger partial charge in [0.2, 0.25) is 21.8 Å². The van der Waals surface area contributed by atoms with Crippen LogP contribution in [0, 0.1) is 18.7 Å². The van der Waals surface area contributed by atoms with Crippen molar-refractivity contribution in [3.63, 3.8) is 0 Å². The number of fused-ring (bicyclic) bond motifs is 1. The molecule has 4 rings (SSSR count). The highest BCUT2D eigenvalue weighted by Crippen LogP contribution is 2.32. The van der Waals surface area contributed by atoms with E-state index < -0.39 is 10.0 Å². The van der Waals surface area contributed by atoms with E-state index >= 15 is 0 Å². The summed E-state index contributed by atoms with van der Waals surface area (Å²) in [5.41, 5.74) is 2.84. The normalized spacial score (nSPS) is 17.5. The van der Waals surface area contributed by atoms with Crippen LogP contribution in [0.4, 0.5) is 15.8 Å². The van der Waals surface area contributed by atoms with Gasteiger partial charge >= 0.3 is 0 Å². The van der Waals surface area contributed by atoms with Gasteiger partial charge in [0.1, 0.15) is 5.82 Å². The van der Waals surface area contributed by atoms with Crippen molar-refractivity contribution in [1.82, 2.24) is 4.31 Å². The molecule has 0 unspecified atom stereocenters. The molecule has 1 saturated heterocycles. The molecule has 0 spiro atoms. The summed E-state index contributed by atoms with van der Waals surface area (Å²) in [5.74, 6) is -0.906. The third-order valence-electron chi connectivity index (χ3n) is 6.46. The van der Waals surface area contributed by atoms with Gasteiger partial charge in [-0.05, 0) is 80.1 Å². The molecule has 1 N–H and O–H groups in total. The monoisotopic (exact) mass is 473 g/mol. The average molecular weight is 474 g/mol. The van der Waals surface area contributed by atoms with E-state index in [1.807, 2.05) is 0 Å². The van der Waals surface area contributed by atoms with Crippen LogP contribution < -0.4 is 10.2 Å². The first-order valence-electron chi connectivity index (χ1n) is 11.1. The Kier molecular flexibility index (Phi) is 6.54. The van der Waals surface area contributed by atoms with E-state index in [-0.39, 0.29) is 41.5 Å². The van der Waals surface area contributed by atoms with Gasteiger partial charge in [-0.25, -0.2) is 12.8 Å². The molecule has 7 nitrogen and oxygen atoms in total. The molecule has 0 aliphatic carbocycles. The van der Waals surface area contributed by atoms with Crippen LogP contribution in [0.15, 0.2) is 41.3 Å². The highest BCUT2D eigenvalue weighted by molar-refractivity contribution is 7.89. The number of anilines is 2. The van der Waals surface area contributed by atoms with Crippen molar-refractivity contribution in [2.24, 2.45) is 5.92 Å². The standard InChI is InChI=1S/C24H28FN3O4S/c1-16-14-20(25)5-7-22(16)26-24(30)18-9-12-27(13-10-18)33(31,32)21-6-8-23-19(15-21)4-3-11-28(23)17(2)29/h5-8,14-15,18H,3-4,9-13H2,1-2H3,(H,26,30). The second-order valence-corrected chi connectivity index (χ2v) is 10.6. The van der Waals surface area contributed by atoms with Crippen molar-refractivity contribution in [2.45, 2.75) is 44.4 Å². The molecule has 0 radical (unpaired) electrons. The Morgan fingerprint density at radius 3 is 2.45 bits per heavy atom. The molecule has 2 aliphatic rings. The molecule has 2 heterocycles. The van der Waals surface area contributed by atoms with Crippen LogP contribution in [0.1, 0.15) is 37.3 Å². The van der Waals surface area contributed by atoms with Crippen molar-refractivity contribution in [2.75, 3.05) is 29.9 Å². The van der Waals surface area contributed by atoms with Crippen molar-refractivity contribution in [3.8, 4) is 0 Å². The number of carbonyl (C=O) groups excluding carboxylic acids is 2. The van der Waals surface area contributed by atoms with Gasteiger partial charge in [0, 0.05) is 43.9 Å². The highest BCUT2D eigenvalue weighted by atomic mass is 32.2. The molecule has 176 valence electrons. The average Bonchev–Trinajstić information content (AvgIpc) is 2.80. The molecule has 1 fully saturated rings. The zero-order chi connectivity index (χ0) is 23.8. The number of piperidine rings is 1. The number of rotatable bonds is 4. The summed E-state index contributed by atoms with van der Waals surface area (Å²) in [6, 6.07) is 9.14. The fourth-order valence-electron chi connectivity index (χ4n) is 4.57. The Morgan fingerprint density at radius 1 is 1.06 bits per heavy atom. The van der Waals surface area contributed by atoms with E-state index in [1.54, 1.807) is 30.0 Å². The third kappa shape index (κ3) is 4.79. The van der Waals surface area contributed by atoms with Crippen LogP contribution in [0.3, 0.4) is 0 Å². The number of sulfonamides is 1.